The van der Waals surface area contributed by atoms with Gasteiger partial charge in [0, 0.05) is 12.1 Å². The molecule has 0 heterocycles. The maximum atomic E-state index is 10.6. The van der Waals surface area contributed by atoms with Gasteiger partial charge in [-0.25, -0.2) is 8.42 Å². The number of rotatable bonds is 5. The van der Waals surface area contributed by atoms with Crippen molar-refractivity contribution in [2.45, 2.75) is 6.61 Å². The molecule has 0 aromatic heterocycles. The van der Waals surface area contributed by atoms with Gasteiger partial charge in [0.1, 0.15) is 12.2 Å². The van der Waals surface area contributed by atoms with Crippen molar-refractivity contribution in [1.82, 2.24) is 0 Å². The van der Waals surface area contributed by atoms with Gasteiger partial charge < -0.3 is 0 Å². The van der Waals surface area contributed by atoms with Gasteiger partial charge in [0.25, 0.3) is 22.4 Å². The Hall–Kier alpha value is -2.07. The van der Waals surface area contributed by atoms with E-state index >= 15 is 0 Å². The summed E-state index contributed by atoms with van der Waals surface area (Å²) in [7, 11) is -3.23. The van der Waals surface area contributed by atoms with Crippen molar-refractivity contribution < 1.29 is 22.4 Å². The fraction of sp³-hybridized carbons (Fsp3) is 0.143. The topological polar surface area (TPSA) is 130 Å². The van der Waals surface area contributed by atoms with Crippen LogP contribution in [-0.2, 0) is 21.8 Å². The van der Waals surface area contributed by atoms with Crippen molar-refractivity contribution in [1.29, 1.82) is 0 Å². The van der Waals surface area contributed by atoms with Gasteiger partial charge in [0.15, 0.2) is 0 Å². The first-order chi connectivity index (χ1) is 7.93. The van der Waals surface area contributed by atoms with E-state index in [0.29, 0.717) is 0 Å². The smallest absolute Gasteiger partial charge is 0.267 e. The van der Waals surface area contributed by atoms with Crippen LogP contribution in [-0.4, -0.2) is 18.3 Å². The number of hydrogen-bond acceptors (Lipinski definition) is 7. The molecule has 10 heteroatoms. The lowest BCUT2D eigenvalue weighted by atomic mass is 10.1. The lowest BCUT2D eigenvalue weighted by molar-refractivity contribution is -0.396. The Labute approximate surface area is 96.1 Å². The highest BCUT2D eigenvalue weighted by molar-refractivity contribution is 7.67. The summed E-state index contributed by atoms with van der Waals surface area (Å²) in [6, 6.07) is 3.20. The summed E-state index contributed by atoms with van der Waals surface area (Å²) in [5.41, 5.74) is -1.51. The van der Waals surface area contributed by atoms with E-state index in [1.54, 1.807) is 0 Å². The molecule has 0 aliphatic heterocycles. The minimum Gasteiger partial charge on any atom is -0.267 e. The average molecular weight is 262 g/mol. The zero-order valence-corrected chi connectivity index (χ0v) is 9.03. The quantitative estimate of drug-likeness (QED) is 0.465. The van der Waals surface area contributed by atoms with E-state index in [1.165, 1.54) is 0 Å². The standard InChI is InChI=1S/C7H6N2O7S/c10-8(11)6-2-1-3-7(9(12)13)5(6)4-16-17(14)15/h1-3,17H,4H2. The van der Waals surface area contributed by atoms with Crippen molar-refractivity contribution >= 4 is 22.4 Å². The number of hydrogen-bond donors (Lipinski definition) is 1. The molecule has 0 spiro atoms. The van der Waals surface area contributed by atoms with Crippen molar-refractivity contribution in [2.75, 3.05) is 0 Å². The van der Waals surface area contributed by atoms with Crippen LogP contribution in [0.2, 0.25) is 0 Å². The minimum absolute atomic E-state index is 0.387. The molecule has 1 rings (SSSR count). The van der Waals surface area contributed by atoms with Gasteiger partial charge in [-0.3, -0.25) is 24.4 Å². The predicted octanol–water partition coefficient (Wildman–Crippen LogP) is 0.546. The fourth-order valence-electron chi connectivity index (χ4n) is 1.17. The molecule has 9 nitrogen and oxygen atoms in total. The van der Waals surface area contributed by atoms with Gasteiger partial charge in [-0.1, -0.05) is 0 Å². The summed E-state index contributed by atoms with van der Waals surface area (Å²) >= 11 is 0. The van der Waals surface area contributed by atoms with Crippen LogP contribution < -0.4 is 0 Å². The van der Waals surface area contributed by atoms with E-state index in [4.69, 9.17) is 0 Å². The van der Waals surface area contributed by atoms with Crippen molar-refractivity contribution in [3.63, 3.8) is 0 Å². The summed E-state index contributed by atoms with van der Waals surface area (Å²) in [6.07, 6.45) is 0. The monoisotopic (exact) mass is 262 g/mol. The van der Waals surface area contributed by atoms with E-state index in [-0.39, 0.29) is 5.56 Å². The van der Waals surface area contributed by atoms with Crippen LogP contribution in [0.1, 0.15) is 5.56 Å². The average Bonchev–Trinajstić information content (AvgIpc) is 2.25. The first-order valence-electron chi connectivity index (χ1n) is 4.11. The Balaban J connectivity index is 3.27. The zero-order valence-electron chi connectivity index (χ0n) is 8.14. The number of nitro groups is 2. The summed E-state index contributed by atoms with van der Waals surface area (Å²) in [6.45, 7) is -0.744. The molecule has 0 atom stereocenters. The maximum absolute atomic E-state index is 10.6. The molecule has 92 valence electrons. The molecule has 0 bridgehead atoms. The molecular formula is C7H6N2O7S. The van der Waals surface area contributed by atoms with Gasteiger partial charge in [-0.2, -0.15) is 0 Å². The SMILES string of the molecule is O=[N+]([O-])c1cccc([N+](=O)[O-])c1CO[SH](=O)=O. The van der Waals surface area contributed by atoms with Crippen LogP contribution in [0.4, 0.5) is 11.4 Å². The Bertz CT molecular complexity index is 499. The number of nitro benzene ring substituents is 2. The molecule has 17 heavy (non-hydrogen) atoms. The second-order valence-corrected chi connectivity index (χ2v) is 3.49. The highest BCUT2D eigenvalue weighted by atomic mass is 32.2. The third-order valence-electron chi connectivity index (χ3n) is 1.83. The second-order valence-electron chi connectivity index (χ2n) is 2.79. The number of benzene rings is 1. The maximum Gasteiger partial charge on any atom is 0.281 e. The third-order valence-corrected chi connectivity index (χ3v) is 2.17. The lowest BCUT2D eigenvalue weighted by Gasteiger charge is -2.01. The highest BCUT2D eigenvalue weighted by Gasteiger charge is 2.24. The van der Waals surface area contributed by atoms with Crippen molar-refractivity contribution in [3.05, 3.63) is 44.0 Å². The summed E-state index contributed by atoms with van der Waals surface area (Å²) in [5, 5.41) is 21.2. The molecular weight excluding hydrogens is 256 g/mol. The Morgan fingerprint density at radius 3 is 1.94 bits per heavy atom. The Kier molecular flexibility index (Phi) is 4.06. The van der Waals surface area contributed by atoms with E-state index in [2.05, 4.69) is 4.18 Å². The number of nitrogens with zero attached hydrogens (tertiary/aromatic N) is 2. The minimum atomic E-state index is -3.23. The van der Waals surface area contributed by atoms with E-state index in [0.717, 1.165) is 18.2 Å². The molecule has 0 fully saturated rings. The van der Waals surface area contributed by atoms with Gasteiger partial charge >= 0.3 is 0 Å². The molecule has 0 saturated carbocycles. The van der Waals surface area contributed by atoms with Crippen LogP contribution in [0.3, 0.4) is 0 Å². The molecule has 1 aromatic rings. The molecule has 0 unspecified atom stereocenters. The van der Waals surface area contributed by atoms with Gasteiger partial charge in [-0.05, 0) is 6.07 Å². The summed E-state index contributed by atoms with van der Waals surface area (Å²) in [5.74, 6) is 0. The van der Waals surface area contributed by atoms with Gasteiger partial charge in [0.2, 0.25) is 0 Å². The van der Waals surface area contributed by atoms with Gasteiger partial charge in [0.05, 0.1) is 9.85 Å². The van der Waals surface area contributed by atoms with Gasteiger partial charge in [-0.15, -0.1) is 0 Å². The van der Waals surface area contributed by atoms with Crippen LogP contribution in [0.5, 0.6) is 0 Å². The van der Waals surface area contributed by atoms with Crippen LogP contribution in [0.15, 0.2) is 18.2 Å². The van der Waals surface area contributed by atoms with Crippen LogP contribution in [0, 0.1) is 20.2 Å². The first kappa shape index (κ1) is 13.0. The van der Waals surface area contributed by atoms with Crippen LogP contribution in [0.25, 0.3) is 0 Å². The van der Waals surface area contributed by atoms with E-state index < -0.39 is 38.8 Å². The molecule has 0 aliphatic carbocycles. The normalized spacial score (nSPS) is 10.4. The highest BCUT2D eigenvalue weighted by Crippen LogP contribution is 2.28. The molecule has 0 amide bonds. The van der Waals surface area contributed by atoms with E-state index in [1.807, 2.05) is 0 Å². The molecule has 0 radical (unpaired) electrons. The lowest BCUT2D eigenvalue weighted by Crippen LogP contribution is -2.02. The van der Waals surface area contributed by atoms with Crippen molar-refractivity contribution in [3.8, 4) is 0 Å². The zero-order chi connectivity index (χ0) is 13.0. The summed E-state index contributed by atoms with van der Waals surface area (Å²) < 4.78 is 24.6. The summed E-state index contributed by atoms with van der Waals surface area (Å²) in [4.78, 5) is 19.5. The fourth-order valence-corrected chi connectivity index (χ4v) is 1.40. The Morgan fingerprint density at radius 2 is 1.59 bits per heavy atom. The largest absolute Gasteiger partial charge is 0.281 e. The molecule has 1 aromatic carbocycles. The number of thiol groups is 1. The van der Waals surface area contributed by atoms with E-state index in [9.17, 15) is 28.6 Å². The third kappa shape index (κ3) is 3.19. The first-order valence-corrected chi connectivity index (χ1v) is 5.21. The molecule has 0 saturated heterocycles. The van der Waals surface area contributed by atoms with Crippen molar-refractivity contribution in [2.24, 2.45) is 0 Å². The second kappa shape index (κ2) is 5.32. The molecule has 0 N–H and O–H groups in total. The van der Waals surface area contributed by atoms with Crippen LogP contribution >= 0.6 is 0 Å². The molecule has 0 aliphatic rings. The predicted molar refractivity (Wildman–Crippen MR) is 54.9 cm³/mol. The Morgan fingerprint density at radius 1 is 1.12 bits per heavy atom.